The van der Waals surface area contributed by atoms with Gasteiger partial charge in [-0.15, -0.1) is 0 Å². The van der Waals surface area contributed by atoms with Gasteiger partial charge in [0.1, 0.15) is 5.69 Å². The fraction of sp³-hybridized carbons (Fsp3) is 0.462. The number of methoxy groups -OCH3 is 1. The number of aliphatic carboxylic acids is 1. The molecule has 0 radical (unpaired) electrons. The Bertz CT molecular complexity index is 560. The average Bonchev–Trinajstić information content (AvgIpc) is 2.37. The monoisotopic (exact) mass is 300 g/mol. The molecule has 0 bridgehead atoms. The number of hydrogen-bond donors (Lipinski definition) is 2. The Balaban J connectivity index is 3.10. The minimum Gasteiger partial charge on any atom is -0.494 e. The van der Waals surface area contributed by atoms with Gasteiger partial charge in [-0.05, 0) is 20.3 Å². The first-order valence-corrected chi connectivity index (χ1v) is 6.18. The minimum atomic E-state index is -0.962. The van der Waals surface area contributed by atoms with E-state index in [1.165, 1.54) is 13.2 Å². The number of benzene rings is 1. The van der Waals surface area contributed by atoms with Crippen LogP contribution in [0.4, 0.5) is 15.8 Å². The van der Waals surface area contributed by atoms with Crippen LogP contribution in [-0.2, 0) is 4.79 Å². The Hall–Kier alpha value is -2.38. The van der Waals surface area contributed by atoms with Crippen LogP contribution in [0, 0.1) is 15.9 Å². The molecule has 0 aromatic heterocycles. The largest absolute Gasteiger partial charge is 0.494 e. The van der Waals surface area contributed by atoms with Gasteiger partial charge in [0.25, 0.3) is 5.69 Å². The smallest absolute Gasteiger partial charge is 0.303 e. The molecule has 0 saturated heterocycles. The molecule has 8 heteroatoms. The van der Waals surface area contributed by atoms with Crippen molar-refractivity contribution in [2.24, 2.45) is 0 Å². The third-order valence-corrected chi connectivity index (χ3v) is 2.90. The first-order valence-electron chi connectivity index (χ1n) is 6.18. The first kappa shape index (κ1) is 16.7. The number of nitro groups is 1. The van der Waals surface area contributed by atoms with Crippen molar-refractivity contribution in [1.82, 2.24) is 0 Å². The van der Waals surface area contributed by atoms with Crippen LogP contribution in [0.15, 0.2) is 12.1 Å². The van der Waals surface area contributed by atoms with E-state index in [2.05, 4.69) is 5.32 Å². The van der Waals surface area contributed by atoms with Crippen molar-refractivity contribution < 1.29 is 24.0 Å². The van der Waals surface area contributed by atoms with E-state index in [9.17, 15) is 19.3 Å². The van der Waals surface area contributed by atoms with E-state index in [-0.39, 0.29) is 24.3 Å². The summed E-state index contributed by atoms with van der Waals surface area (Å²) in [5, 5.41) is 22.6. The highest BCUT2D eigenvalue weighted by molar-refractivity contribution is 5.68. The van der Waals surface area contributed by atoms with E-state index >= 15 is 0 Å². The predicted molar refractivity (Wildman–Crippen MR) is 74.2 cm³/mol. The van der Waals surface area contributed by atoms with Crippen LogP contribution in [0.2, 0.25) is 0 Å². The number of carboxylic acid groups (broad SMARTS) is 1. The summed E-state index contributed by atoms with van der Waals surface area (Å²) in [6.45, 7) is 3.41. The molecular weight excluding hydrogens is 283 g/mol. The van der Waals surface area contributed by atoms with Crippen LogP contribution in [-0.4, -0.2) is 28.6 Å². The molecular formula is C13H17FN2O5. The number of carbonyl (C=O) groups is 1. The van der Waals surface area contributed by atoms with E-state index in [0.29, 0.717) is 0 Å². The van der Waals surface area contributed by atoms with Gasteiger partial charge in [-0.2, -0.15) is 0 Å². The molecule has 1 rings (SSSR count). The second-order valence-corrected chi connectivity index (χ2v) is 5.16. The molecule has 0 fully saturated rings. The van der Waals surface area contributed by atoms with Gasteiger partial charge in [-0.3, -0.25) is 14.9 Å². The molecule has 0 unspecified atom stereocenters. The van der Waals surface area contributed by atoms with Crippen molar-refractivity contribution in [1.29, 1.82) is 0 Å². The molecule has 0 spiro atoms. The van der Waals surface area contributed by atoms with Crippen molar-refractivity contribution in [3.8, 4) is 5.75 Å². The van der Waals surface area contributed by atoms with Gasteiger partial charge < -0.3 is 15.2 Å². The number of carboxylic acids is 1. The number of rotatable bonds is 7. The van der Waals surface area contributed by atoms with Crippen molar-refractivity contribution in [3.63, 3.8) is 0 Å². The Morgan fingerprint density at radius 2 is 2.14 bits per heavy atom. The number of hydrogen-bond acceptors (Lipinski definition) is 5. The second-order valence-electron chi connectivity index (χ2n) is 5.16. The number of halogens is 1. The maximum Gasteiger partial charge on any atom is 0.303 e. The molecule has 0 heterocycles. The Labute approximate surface area is 120 Å². The lowest BCUT2D eigenvalue weighted by atomic mass is 9.97. The number of ether oxygens (including phenoxy) is 1. The van der Waals surface area contributed by atoms with Crippen molar-refractivity contribution in [3.05, 3.63) is 28.1 Å². The molecule has 7 nitrogen and oxygen atoms in total. The number of nitro benzene ring substituents is 1. The summed E-state index contributed by atoms with van der Waals surface area (Å²) < 4.78 is 18.3. The van der Waals surface area contributed by atoms with Crippen LogP contribution in [0.1, 0.15) is 26.7 Å². The Morgan fingerprint density at radius 3 is 2.62 bits per heavy atom. The van der Waals surface area contributed by atoms with Crippen LogP contribution < -0.4 is 10.1 Å². The zero-order chi connectivity index (χ0) is 16.2. The minimum absolute atomic E-state index is 0.0774. The van der Waals surface area contributed by atoms with Crippen molar-refractivity contribution in [2.75, 3.05) is 12.4 Å². The molecule has 21 heavy (non-hydrogen) atoms. The lowest BCUT2D eigenvalue weighted by Gasteiger charge is -2.27. The van der Waals surface area contributed by atoms with Crippen LogP contribution in [0.3, 0.4) is 0 Å². The highest BCUT2D eigenvalue weighted by atomic mass is 19.1. The lowest BCUT2D eigenvalue weighted by Crippen LogP contribution is -2.31. The number of nitrogens with zero attached hydrogens (tertiary/aromatic N) is 1. The van der Waals surface area contributed by atoms with Crippen LogP contribution >= 0.6 is 0 Å². The quantitative estimate of drug-likeness (QED) is 0.593. The summed E-state index contributed by atoms with van der Waals surface area (Å²) in [6.07, 6.45) is 0.158. The first-order chi connectivity index (χ1) is 9.66. The standard InChI is InChI=1S/C13H17FN2O5/c1-13(2,5-4-12(17)18)15-9-7-11(21-3)8(14)6-10(9)16(19)20/h6-7,15H,4-5H2,1-3H3,(H,17,18). The van der Waals surface area contributed by atoms with Gasteiger partial charge in [0.05, 0.1) is 18.1 Å². The molecule has 116 valence electrons. The molecule has 0 aliphatic carbocycles. The molecule has 0 saturated carbocycles. The van der Waals surface area contributed by atoms with Crippen LogP contribution in [0.25, 0.3) is 0 Å². The van der Waals surface area contributed by atoms with Crippen molar-refractivity contribution in [2.45, 2.75) is 32.2 Å². The summed E-state index contributed by atoms with van der Waals surface area (Å²) in [6, 6.07) is 1.96. The normalized spacial score (nSPS) is 11.0. The number of anilines is 1. The average molecular weight is 300 g/mol. The summed E-state index contributed by atoms with van der Waals surface area (Å²) >= 11 is 0. The lowest BCUT2D eigenvalue weighted by molar-refractivity contribution is -0.384. The van der Waals surface area contributed by atoms with E-state index in [1.54, 1.807) is 13.8 Å². The summed E-state index contributed by atoms with van der Waals surface area (Å²) in [7, 11) is 1.25. The summed E-state index contributed by atoms with van der Waals surface area (Å²) in [4.78, 5) is 20.9. The van der Waals surface area contributed by atoms with Crippen molar-refractivity contribution >= 4 is 17.3 Å². The predicted octanol–water partition coefficient (Wildman–Crippen LogP) is 2.80. The fourth-order valence-electron chi connectivity index (χ4n) is 1.80. The third kappa shape index (κ3) is 4.59. The van der Waals surface area contributed by atoms with Gasteiger partial charge in [-0.1, -0.05) is 0 Å². The van der Waals surface area contributed by atoms with Gasteiger partial charge in [0, 0.05) is 18.0 Å². The SMILES string of the molecule is COc1cc(NC(C)(C)CCC(=O)O)c([N+](=O)[O-])cc1F. The Morgan fingerprint density at radius 1 is 1.52 bits per heavy atom. The van der Waals surface area contributed by atoms with E-state index in [4.69, 9.17) is 9.84 Å². The fourth-order valence-corrected chi connectivity index (χ4v) is 1.80. The van der Waals surface area contributed by atoms with Gasteiger partial charge in [0.2, 0.25) is 0 Å². The summed E-state index contributed by atoms with van der Waals surface area (Å²) in [5.41, 5.74) is -1.07. The third-order valence-electron chi connectivity index (χ3n) is 2.90. The summed E-state index contributed by atoms with van der Waals surface area (Å²) in [5.74, 6) is -1.92. The molecule has 0 aliphatic rings. The van der Waals surface area contributed by atoms with E-state index < -0.39 is 27.9 Å². The topological polar surface area (TPSA) is 102 Å². The highest BCUT2D eigenvalue weighted by Gasteiger charge is 2.25. The molecule has 1 aromatic carbocycles. The number of nitrogens with one attached hydrogen (secondary N) is 1. The maximum absolute atomic E-state index is 13.5. The highest BCUT2D eigenvalue weighted by Crippen LogP contribution is 2.34. The van der Waals surface area contributed by atoms with Gasteiger partial charge >= 0.3 is 5.97 Å². The Kier molecular flexibility index (Phi) is 5.07. The van der Waals surface area contributed by atoms with E-state index in [1.807, 2.05) is 0 Å². The molecule has 1 aromatic rings. The molecule has 0 atom stereocenters. The second kappa shape index (κ2) is 6.38. The zero-order valence-electron chi connectivity index (χ0n) is 12.0. The van der Waals surface area contributed by atoms with Gasteiger partial charge in [0.15, 0.2) is 11.6 Å². The van der Waals surface area contributed by atoms with Gasteiger partial charge in [-0.25, -0.2) is 4.39 Å². The maximum atomic E-state index is 13.5. The molecule has 0 amide bonds. The molecule has 2 N–H and O–H groups in total. The zero-order valence-corrected chi connectivity index (χ0v) is 12.0. The molecule has 0 aliphatic heterocycles. The van der Waals surface area contributed by atoms with E-state index in [0.717, 1.165) is 6.07 Å². The van der Waals surface area contributed by atoms with Crippen LogP contribution in [0.5, 0.6) is 5.75 Å².